The summed E-state index contributed by atoms with van der Waals surface area (Å²) in [6.45, 7) is 0.474. The number of furan rings is 1. The van der Waals surface area contributed by atoms with Crippen molar-refractivity contribution in [2.75, 3.05) is 18.6 Å². The summed E-state index contributed by atoms with van der Waals surface area (Å²) in [7, 11) is 0. The minimum atomic E-state index is -0.584. The highest BCUT2D eigenvalue weighted by atomic mass is 32.2. The molecular weight excluding hydrogens is 326 g/mol. The third kappa shape index (κ3) is 5.73. The summed E-state index contributed by atoms with van der Waals surface area (Å²) in [5.41, 5.74) is 0.915. The first-order valence-corrected chi connectivity index (χ1v) is 9.11. The molecule has 2 N–H and O–H groups in total. The lowest BCUT2D eigenvalue weighted by Crippen LogP contribution is -2.47. The lowest BCUT2D eigenvalue weighted by molar-refractivity contribution is -0.123. The van der Waals surface area contributed by atoms with Crippen molar-refractivity contribution in [1.82, 2.24) is 15.6 Å². The van der Waals surface area contributed by atoms with Crippen molar-refractivity contribution in [2.45, 2.75) is 18.9 Å². The fourth-order valence-electron chi connectivity index (χ4n) is 2.12. The second kappa shape index (κ2) is 9.77. The van der Waals surface area contributed by atoms with Gasteiger partial charge in [-0.25, -0.2) is 0 Å². The summed E-state index contributed by atoms with van der Waals surface area (Å²) in [4.78, 5) is 28.7. The van der Waals surface area contributed by atoms with Crippen LogP contribution in [0.4, 0.5) is 0 Å². The molecule has 6 nitrogen and oxygen atoms in total. The van der Waals surface area contributed by atoms with Gasteiger partial charge in [0, 0.05) is 24.9 Å². The standard InChI is InChI=1S/C17H21N3O3S/c1-24-12-8-14(20-17(22)15-6-4-11-23-15)16(21)19-10-7-13-5-2-3-9-18-13/h2-6,9,11,14H,7-8,10,12H2,1H3,(H,19,21)(H,20,22). The van der Waals surface area contributed by atoms with Crippen LogP contribution in [0.3, 0.4) is 0 Å². The Hall–Kier alpha value is -2.28. The van der Waals surface area contributed by atoms with Gasteiger partial charge >= 0.3 is 0 Å². The Bertz CT molecular complexity index is 632. The van der Waals surface area contributed by atoms with Crippen LogP contribution < -0.4 is 10.6 Å². The van der Waals surface area contributed by atoms with E-state index in [4.69, 9.17) is 4.42 Å². The number of nitrogens with one attached hydrogen (secondary N) is 2. The van der Waals surface area contributed by atoms with Gasteiger partial charge in [-0.15, -0.1) is 0 Å². The lowest BCUT2D eigenvalue weighted by atomic mass is 10.2. The van der Waals surface area contributed by atoms with E-state index in [-0.39, 0.29) is 17.6 Å². The van der Waals surface area contributed by atoms with E-state index >= 15 is 0 Å². The summed E-state index contributed by atoms with van der Waals surface area (Å²) in [5.74, 6) is 0.396. The van der Waals surface area contributed by atoms with Crippen molar-refractivity contribution in [1.29, 1.82) is 0 Å². The number of carbonyl (C=O) groups excluding carboxylic acids is 2. The van der Waals surface area contributed by atoms with Crippen LogP contribution in [0.25, 0.3) is 0 Å². The molecule has 24 heavy (non-hydrogen) atoms. The molecule has 7 heteroatoms. The Labute approximate surface area is 145 Å². The fraction of sp³-hybridized carbons (Fsp3) is 0.353. The van der Waals surface area contributed by atoms with Crippen molar-refractivity contribution in [2.24, 2.45) is 0 Å². The number of aromatic nitrogens is 1. The maximum Gasteiger partial charge on any atom is 0.287 e. The third-order valence-electron chi connectivity index (χ3n) is 3.38. The molecule has 0 aliphatic heterocycles. The number of carbonyl (C=O) groups is 2. The normalized spacial score (nSPS) is 11.7. The molecule has 0 aromatic carbocycles. The van der Waals surface area contributed by atoms with Gasteiger partial charge in [0.15, 0.2) is 5.76 Å². The predicted molar refractivity (Wildman–Crippen MR) is 93.9 cm³/mol. The Morgan fingerprint density at radius 2 is 2.17 bits per heavy atom. The number of hydrogen-bond donors (Lipinski definition) is 2. The number of nitrogens with zero attached hydrogens (tertiary/aromatic N) is 1. The summed E-state index contributed by atoms with van der Waals surface area (Å²) in [5, 5.41) is 5.59. The quantitative estimate of drug-likeness (QED) is 0.724. The SMILES string of the molecule is CSCCC(NC(=O)c1ccco1)C(=O)NCCc1ccccn1. The van der Waals surface area contributed by atoms with Crippen molar-refractivity contribution < 1.29 is 14.0 Å². The van der Waals surface area contributed by atoms with Crippen LogP contribution in [0.15, 0.2) is 47.2 Å². The van der Waals surface area contributed by atoms with E-state index in [1.54, 1.807) is 30.1 Å². The van der Waals surface area contributed by atoms with Gasteiger partial charge in [-0.05, 0) is 42.7 Å². The topological polar surface area (TPSA) is 84.2 Å². The molecule has 2 rings (SSSR count). The predicted octanol–water partition coefficient (Wildman–Crippen LogP) is 1.88. The molecule has 0 aliphatic carbocycles. The summed E-state index contributed by atoms with van der Waals surface area (Å²) < 4.78 is 5.06. The van der Waals surface area contributed by atoms with E-state index in [9.17, 15) is 9.59 Å². The minimum absolute atomic E-state index is 0.195. The van der Waals surface area contributed by atoms with Gasteiger partial charge in [-0.3, -0.25) is 14.6 Å². The van der Waals surface area contributed by atoms with Crippen LogP contribution in [0.2, 0.25) is 0 Å². The molecule has 0 saturated heterocycles. The Balaban J connectivity index is 1.86. The first-order valence-electron chi connectivity index (χ1n) is 7.71. The van der Waals surface area contributed by atoms with Gasteiger partial charge in [-0.1, -0.05) is 6.07 Å². The minimum Gasteiger partial charge on any atom is -0.459 e. The van der Waals surface area contributed by atoms with Gasteiger partial charge in [0.2, 0.25) is 5.91 Å². The highest BCUT2D eigenvalue weighted by Gasteiger charge is 2.21. The summed E-state index contributed by atoms with van der Waals surface area (Å²) in [6.07, 6.45) is 6.32. The van der Waals surface area contributed by atoms with Crippen LogP contribution in [-0.4, -0.2) is 41.4 Å². The van der Waals surface area contributed by atoms with Gasteiger partial charge in [0.25, 0.3) is 5.91 Å². The second-order valence-corrected chi connectivity index (χ2v) is 6.13. The van der Waals surface area contributed by atoms with E-state index in [1.165, 1.54) is 6.26 Å². The van der Waals surface area contributed by atoms with Gasteiger partial charge in [0.1, 0.15) is 6.04 Å². The number of rotatable bonds is 9. The number of hydrogen-bond acceptors (Lipinski definition) is 5. The average Bonchev–Trinajstić information content (AvgIpc) is 3.14. The van der Waals surface area contributed by atoms with E-state index in [2.05, 4.69) is 15.6 Å². The maximum atomic E-state index is 12.4. The molecule has 2 amide bonds. The highest BCUT2D eigenvalue weighted by Crippen LogP contribution is 2.05. The van der Waals surface area contributed by atoms with Gasteiger partial charge < -0.3 is 15.1 Å². The average molecular weight is 347 g/mol. The molecule has 0 radical (unpaired) electrons. The fourth-order valence-corrected chi connectivity index (χ4v) is 2.60. The van der Waals surface area contributed by atoms with Crippen molar-refractivity contribution in [3.63, 3.8) is 0 Å². The number of amides is 2. The molecule has 0 spiro atoms. The monoisotopic (exact) mass is 347 g/mol. The van der Waals surface area contributed by atoms with Crippen molar-refractivity contribution >= 4 is 23.6 Å². The molecule has 0 bridgehead atoms. The number of thioether (sulfide) groups is 1. The maximum absolute atomic E-state index is 12.4. The molecular formula is C17H21N3O3S. The highest BCUT2D eigenvalue weighted by molar-refractivity contribution is 7.98. The van der Waals surface area contributed by atoms with E-state index in [0.29, 0.717) is 19.4 Å². The molecule has 0 aliphatic rings. The Morgan fingerprint density at radius 3 is 2.83 bits per heavy atom. The molecule has 1 atom stereocenters. The van der Waals surface area contributed by atoms with Crippen LogP contribution in [-0.2, 0) is 11.2 Å². The molecule has 1 unspecified atom stereocenters. The van der Waals surface area contributed by atoms with E-state index in [0.717, 1.165) is 11.4 Å². The van der Waals surface area contributed by atoms with Gasteiger partial charge in [-0.2, -0.15) is 11.8 Å². The molecule has 0 fully saturated rings. The summed E-state index contributed by atoms with van der Waals surface area (Å²) >= 11 is 1.63. The van der Waals surface area contributed by atoms with E-state index < -0.39 is 6.04 Å². The molecule has 128 valence electrons. The zero-order chi connectivity index (χ0) is 17.2. The smallest absolute Gasteiger partial charge is 0.287 e. The van der Waals surface area contributed by atoms with Crippen molar-refractivity contribution in [3.8, 4) is 0 Å². The Kier molecular flexibility index (Phi) is 7.35. The van der Waals surface area contributed by atoms with E-state index in [1.807, 2.05) is 24.5 Å². The van der Waals surface area contributed by atoms with Gasteiger partial charge in [0.05, 0.1) is 6.26 Å². The molecule has 2 aromatic heterocycles. The first-order chi connectivity index (χ1) is 11.7. The molecule has 2 heterocycles. The van der Waals surface area contributed by atoms with Crippen LogP contribution in [0, 0.1) is 0 Å². The zero-order valence-corrected chi connectivity index (χ0v) is 14.3. The number of pyridine rings is 1. The third-order valence-corrected chi connectivity index (χ3v) is 4.03. The van der Waals surface area contributed by atoms with Crippen LogP contribution in [0.1, 0.15) is 22.7 Å². The second-order valence-electron chi connectivity index (χ2n) is 5.15. The largest absolute Gasteiger partial charge is 0.459 e. The first kappa shape index (κ1) is 18.1. The summed E-state index contributed by atoms with van der Waals surface area (Å²) in [6, 6.07) is 8.30. The molecule has 2 aromatic rings. The Morgan fingerprint density at radius 1 is 1.29 bits per heavy atom. The molecule has 0 saturated carbocycles. The van der Waals surface area contributed by atoms with Crippen LogP contribution in [0.5, 0.6) is 0 Å². The lowest BCUT2D eigenvalue weighted by Gasteiger charge is -2.17. The zero-order valence-electron chi connectivity index (χ0n) is 13.5. The van der Waals surface area contributed by atoms with Crippen LogP contribution >= 0.6 is 11.8 Å². The van der Waals surface area contributed by atoms with Crippen molar-refractivity contribution in [3.05, 3.63) is 54.2 Å².